The van der Waals surface area contributed by atoms with Crippen LogP contribution in [0.4, 0.5) is 0 Å². The number of rotatable bonds is 2. The lowest BCUT2D eigenvalue weighted by Crippen LogP contribution is -1.91. The minimum Gasteiger partial charge on any atom is -0.456 e. The van der Waals surface area contributed by atoms with Gasteiger partial charge in [0.05, 0.1) is 0 Å². The Morgan fingerprint density at radius 3 is 1.43 bits per heavy atom. The molecular weight excluding hydrogens is 536 g/mol. The Morgan fingerprint density at radius 1 is 0.295 bits per heavy atom. The van der Waals surface area contributed by atoms with Gasteiger partial charge >= 0.3 is 0 Å². The van der Waals surface area contributed by atoms with Crippen LogP contribution in [-0.2, 0) is 0 Å². The van der Waals surface area contributed by atoms with Gasteiger partial charge < -0.3 is 8.83 Å². The zero-order valence-corrected chi connectivity index (χ0v) is 23.7. The van der Waals surface area contributed by atoms with Crippen molar-refractivity contribution in [2.24, 2.45) is 0 Å². The van der Waals surface area contributed by atoms with Crippen molar-refractivity contribution < 1.29 is 8.83 Å². The van der Waals surface area contributed by atoms with Crippen LogP contribution in [0.2, 0.25) is 0 Å². The lowest BCUT2D eigenvalue weighted by molar-refractivity contribution is 0.663. The number of benzene rings is 8. The third-order valence-corrected chi connectivity index (χ3v) is 9.23. The summed E-state index contributed by atoms with van der Waals surface area (Å²) >= 11 is 0. The van der Waals surface area contributed by atoms with E-state index in [0.29, 0.717) is 0 Å². The van der Waals surface area contributed by atoms with E-state index in [2.05, 4.69) is 121 Å². The summed E-state index contributed by atoms with van der Waals surface area (Å²) < 4.78 is 12.8. The molecular formula is C42H24O2. The van der Waals surface area contributed by atoms with E-state index in [1.165, 1.54) is 49.0 Å². The standard InChI is InChI=1S/C42H24O2/c1-2-10-26-23-27(18-17-25(26)9-1)39-29-11-3-5-13-31(29)40(32-14-6-4-12-30(32)39)28-19-20-34-38(24-28)44-37-22-21-36-41(42(34)37)33-15-7-8-16-35(33)43-36/h1-24H. The van der Waals surface area contributed by atoms with Crippen molar-refractivity contribution in [2.75, 3.05) is 0 Å². The highest BCUT2D eigenvalue weighted by atomic mass is 16.3. The number of fused-ring (bicyclic) bond motifs is 10. The van der Waals surface area contributed by atoms with Crippen LogP contribution in [-0.4, -0.2) is 0 Å². The zero-order valence-electron chi connectivity index (χ0n) is 23.7. The monoisotopic (exact) mass is 560 g/mol. The minimum absolute atomic E-state index is 0.873. The molecule has 0 radical (unpaired) electrons. The Labute approximate surface area is 252 Å². The normalized spacial score (nSPS) is 12.1. The summed E-state index contributed by atoms with van der Waals surface area (Å²) in [6.45, 7) is 0. The molecule has 0 N–H and O–H groups in total. The molecule has 2 heterocycles. The largest absolute Gasteiger partial charge is 0.456 e. The second-order valence-corrected chi connectivity index (χ2v) is 11.6. The van der Waals surface area contributed by atoms with Gasteiger partial charge in [0.2, 0.25) is 0 Å². The van der Waals surface area contributed by atoms with Crippen molar-refractivity contribution >= 4 is 76.2 Å². The SMILES string of the molecule is c1ccc2cc(-c3c4ccccc4c(-c4ccc5c(c4)oc4ccc6oc7ccccc7c6c45)c4ccccc34)ccc2c1. The smallest absolute Gasteiger partial charge is 0.136 e. The average molecular weight is 561 g/mol. The minimum atomic E-state index is 0.873. The third-order valence-electron chi connectivity index (χ3n) is 9.23. The first-order chi connectivity index (χ1) is 21.8. The predicted octanol–water partition coefficient (Wildman–Crippen LogP) is 12.3. The van der Waals surface area contributed by atoms with Crippen molar-refractivity contribution in [2.45, 2.75) is 0 Å². The molecule has 2 heteroatoms. The van der Waals surface area contributed by atoms with Gasteiger partial charge in [-0.15, -0.1) is 0 Å². The molecule has 2 aromatic heterocycles. The summed E-state index contributed by atoms with van der Waals surface area (Å²) in [6, 6.07) is 52.0. The molecule has 10 aromatic rings. The maximum Gasteiger partial charge on any atom is 0.136 e. The number of hydrogen-bond acceptors (Lipinski definition) is 2. The van der Waals surface area contributed by atoms with Crippen molar-refractivity contribution in [1.82, 2.24) is 0 Å². The Bertz CT molecular complexity index is 2720. The zero-order chi connectivity index (χ0) is 28.8. The van der Waals surface area contributed by atoms with Gasteiger partial charge in [0.15, 0.2) is 0 Å². The molecule has 8 aromatic carbocycles. The molecule has 44 heavy (non-hydrogen) atoms. The fourth-order valence-electron chi connectivity index (χ4n) is 7.33. The van der Waals surface area contributed by atoms with Crippen LogP contribution in [0.15, 0.2) is 154 Å². The first-order valence-corrected chi connectivity index (χ1v) is 15.0. The Hall–Kier alpha value is -5.86. The van der Waals surface area contributed by atoms with Crippen LogP contribution >= 0.6 is 0 Å². The molecule has 0 fully saturated rings. The highest BCUT2D eigenvalue weighted by Crippen LogP contribution is 2.46. The summed E-state index contributed by atoms with van der Waals surface area (Å²) in [5.74, 6) is 0. The fraction of sp³-hybridized carbons (Fsp3) is 0. The molecule has 204 valence electrons. The van der Waals surface area contributed by atoms with Crippen LogP contribution in [0.5, 0.6) is 0 Å². The first kappa shape index (κ1) is 23.7. The van der Waals surface area contributed by atoms with Crippen molar-refractivity contribution in [1.29, 1.82) is 0 Å². The maximum atomic E-state index is 6.56. The molecule has 0 aliphatic heterocycles. The second-order valence-electron chi connectivity index (χ2n) is 11.6. The van der Waals surface area contributed by atoms with Gasteiger partial charge in [-0.2, -0.15) is 0 Å². The molecule has 0 aliphatic carbocycles. The molecule has 10 rings (SSSR count). The number of furan rings is 2. The number of hydrogen-bond donors (Lipinski definition) is 0. The summed E-state index contributed by atoms with van der Waals surface area (Å²) in [4.78, 5) is 0. The summed E-state index contributed by atoms with van der Waals surface area (Å²) in [6.07, 6.45) is 0. The van der Waals surface area contributed by atoms with Gasteiger partial charge in [-0.05, 0) is 91.0 Å². The van der Waals surface area contributed by atoms with E-state index < -0.39 is 0 Å². The highest BCUT2D eigenvalue weighted by molar-refractivity contribution is 6.27. The van der Waals surface area contributed by atoms with E-state index in [1.54, 1.807) is 0 Å². The Morgan fingerprint density at radius 2 is 0.773 bits per heavy atom. The molecule has 0 amide bonds. The lowest BCUT2D eigenvalue weighted by atomic mass is 9.85. The summed E-state index contributed by atoms with van der Waals surface area (Å²) in [5, 5.41) is 11.9. The van der Waals surface area contributed by atoms with Crippen LogP contribution in [0.3, 0.4) is 0 Å². The molecule has 0 saturated carbocycles. The van der Waals surface area contributed by atoms with E-state index >= 15 is 0 Å². The van der Waals surface area contributed by atoms with E-state index in [4.69, 9.17) is 8.83 Å². The van der Waals surface area contributed by atoms with Crippen LogP contribution in [0.1, 0.15) is 0 Å². The highest BCUT2D eigenvalue weighted by Gasteiger charge is 2.20. The van der Waals surface area contributed by atoms with Gasteiger partial charge in [-0.1, -0.05) is 109 Å². The topological polar surface area (TPSA) is 26.3 Å². The van der Waals surface area contributed by atoms with E-state index in [-0.39, 0.29) is 0 Å². The van der Waals surface area contributed by atoms with Gasteiger partial charge in [-0.3, -0.25) is 0 Å². The van der Waals surface area contributed by atoms with Gasteiger partial charge in [0.25, 0.3) is 0 Å². The van der Waals surface area contributed by atoms with E-state index in [1.807, 2.05) is 24.3 Å². The first-order valence-electron chi connectivity index (χ1n) is 15.0. The molecule has 0 spiro atoms. The average Bonchev–Trinajstić information content (AvgIpc) is 3.64. The summed E-state index contributed by atoms with van der Waals surface area (Å²) in [5.41, 5.74) is 8.39. The Balaban J connectivity index is 1.27. The van der Waals surface area contributed by atoms with Crippen molar-refractivity contribution in [3.63, 3.8) is 0 Å². The van der Waals surface area contributed by atoms with Crippen LogP contribution in [0, 0.1) is 0 Å². The van der Waals surface area contributed by atoms with Gasteiger partial charge in [0.1, 0.15) is 22.3 Å². The third kappa shape index (κ3) is 3.25. The number of para-hydroxylation sites is 1. The lowest BCUT2D eigenvalue weighted by Gasteiger charge is -2.18. The van der Waals surface area contributed by atoms with E-state index in [0.717, 1.165) is 49.4 Å². The van der Waals surface area contributed by atoms with Crippen LogP contribution in [0.25, 0.3) is 98.4 Å². The second kappa shape index (κ2) is 8.82. The van der Waals surface area contributed by atoms with Gasteiger partial charge in [0, 0.05) is 21.5 Å². The fourth-order valence-corrected chi connectivity index (χ4v) is 7.33. The van der Waals surface area contributed by atoms with Crippen LogP contribution < -0.4 is 0 Å². The molecule has 0 unspecified atom stereocenters. The Kier molecular flexibility index (Phi) is 4.75. The molecule has 0 atom stereocenters. The van der Waals surface area contributed by atoms with E-state index in [9.17, 15) is 0 Å². The molecule has 0 aliphatic rings. The van der Waals surface area contributed by atoms with Gasteiger partial charge in [-0.25, -0.2) is 0 Å². The predicted molar refractivity (Wildman–Crippen MR) is 184 cm³/mol. The van der Waals surface area contributed by atoms with Crippen molar-refractivity contribution in [3.05, 3.63) is 146 Å². The maximum absolute atomic E-state index is 6.56. The molecule has 2 nitrogen and oxygen atoms in total. The van der Waals surface area contributed by atoms with Crippen molar-refractivity contribution in [3.8, 4) is 22.3 Å². The summed E-state index contributed by atoms with van der Waals surface area (Å²) in [7, 11) is 0. The molecule has 0 saturated heterocycles. The quantitative estimate of drug-likeness (QED) is 0.197. The molecule has 0 bridgehead atoms.